The van der Waals surface area contributed by atoms with Gasteiger partial charge in [0.2, 0.25) is 0 Å². The van der Waals surface area contributed by atoms with Gasteiger partial charge in [0.25, 0.3) is 0 Å². The van der Waals surface area contributed by atoms with Crippen molar-refractivity contribution in [2.45, 2.75) is 64.3 Å². The first-order valence-corrected chi connectivity index (χ1v) is 15.1. The zero-order chi connectivity index (χ0) is 33.9. The molecule has 254 valence electrons. The van der Waals surface area contributed by atoms with Crippen LogP contribution in [0.25, 0.3) is 11.1 Å². The Morgan fingerprint density at radius 3 is 1.83 bits per heavy atom. The highest BCUT2D eigenvalue weighted by atomic mass is 16.7. The maximum absolute atomic E-state index is 12.4. The molecular weight excluding hydrogens is 618 g/mol. The fraction of sp³-hybridized carbons (Fsp3) is 0.485. The predicted molar refractivity (Wildman–Crippen MR) is 162 cm³/mol. The average Bonchev–Trinajstić information content (AvgIpc) is 3.34. The largest absolute Gasteiger partial charge is 0.463 e. The molecule has 1 fully saturated rings. The fourth-order valence-corrected chi connectivity index (χ4v) is 5.52. The molecule has 0 spiro atoms. The minimum Gasteiger partial charge on any atom is -0.463 e. The summed E-state index contributed by atoms with van der Waals surface area (Å²) in [4.78, 5) is 59.6. The standard InChI is InChI=1S/C33H39NO13/c1-19(35)42-18-28-29(44-20(2)36)30(45-21(3)37)31(46-22(4)38)32(47-28)41-16-15-40-14-13-34-33(39)43-17-27-25-11-7-5-9-23(25)24-10-6-8-12-26(24)27/h5-12,27-32H,13-18H2,1-4H3,(H,34,39)/t28-,29-,30+,31+,32+/m1/s1. The zero-order valence-electron chi connectivity index (χ0n) is 26.6. The van der Waals surface area contributed by atoms with Crippen LogP contribution in [-0.2, 0) is 57.1 Å². The van der Waals surface area contributed by atoms with E-state index in [9.17, 15) is 24.0 Å². The fourth-order valence-electron chi connectivity index (χ4n) is 5.52. The highest BCUT2D eigenvalue weighted by Crippen LogP contribution is 2.44. The Bertz CT molecular complexity index is 1380. The van der Waals surface area contributed by atoms with Crippen molar-refractivity contribution < 1.29 is 61.9 Å². The van der Waals surface area contributed by atoms with Crippen molar-refractivity contribution in [1.82, 2.24) is 5.32 Å². The zero-order valence-corrected chi connectivity index (χ0v) is 26.6. The minimum atomic E-state index is -1.33. The second kappa shape index (κ2) is 16.9. The number of benzene rings is 2. The number of ether oxygens (including phenoxy) is 8. The SMILES string of the molecule is CC(=O)OC[C@H]1O[C@H](OCCOCCNC(=O)OCC2c3ccccc3-c3ccccc32)[C@@H](OC(C)=O)[C@@H](OC(C)=O)[C@@H]1OC(C)=O. The van der Waals surface area contributed by atoms with Crippen molar-refractivity contribution in [3.8, 4) is 11.1 Å². The van der Waals surface area contributed by atoms with Gasteiger partial charge in [0, 0.05) is 40.2 Å². The van der Waals surface area contributed by atoms with Crippen molar-refractivity contribution in [3.63, 3.8) is 0 Å². The van der Waals surface area contributed by atoms with Crippen molar-refractivity contribution in [1.29, 1.82) is 0 Å². The number of esters is 4. The Morgan fingerprint density at radius 2 is 1.23 bits per heavy atom. The third-order valence-electron chi connectivity index (χ3n) is 7.32. The Kier molecular flexibility index (Phi) is 12.7. The van der Waals surface area contributed by atoms with Crippen LogP contribution >= 0.6 is 0 Å². The van der Waals surface area contributed by atoms with E-state index >= 15 is 0 Å². The van der Waals surface area contributed by atoms with E-state index in [1.807, 2.05) is 36.4 Å². The molecule has 1 heterocycles. The molecule has 14 nitrogen and oxygen atoms in total. The molecule has 1 N–H and O–H groups in total. The Hall–Kier alpha value is -4.53. The molecule has 14 heteroatoms. The Morgan fingerprint density at radius 1 is 0.660 bits per heavy atom. The molecule has 0 unspecified atom stereocenters. The van der Waals surface area contributed by atoms with E-state index in [4.69, 9.17) is 37.9 Å². The molecule has 2 aromatic rings. The lowest BCUT2D eigenvalue weighted by Gasteiger charge is -2.44. The smallest absolute Gasteiger partial charge is 0.407 e. The predicted octanol–water partition coefficient (Wildman–Crippen LogP) is 2.64. The van der Waals surface area contributed by atoms with Gasteiger partial charge >= 0.3 is 30.0 Å². The van der Waals surface area contributed by atoms with Gasteiger partial charge in [0.15, 0.2) is 24.6 Å². The number of hydrogen-bond donors (Lipinski definition) is 1. The molecule has 0 saturated carbocycles. The lowest BCUT2D eigenvalue weighted by molar-refractivity contribution is -0.309. The van der Waals surface area contributed by atoms with Gasteiger partial charge in [0.05, 0.1) is 19.8 Å². The van der Waals surface area contributed by atoms with Gasteiger partial charge in [-0.15, -0.1) is 0 Å². The summed E-state index contributed by atoms with van der Waals surface area (Å²) in [6.45, 7) is 4.67. The second-order valence-corrected chi connectivity index (χ2v) is 10.8. The molecule has 2 aromatic carbocycles. The summed E-state index contributed by atoms with van der Waals surface area (Å²) in [6.07, 6.45) is -6.94. The van der Waals surface area contributed by atoms with Crippen LogP contribution in [0.3, 0.4) is 0 Å². The molecule has 0 radical (unpaired) electrons. The van der Waals surface area contributed by atoms with E-state index in [1.54, 1.807) is 0 Å². The van der Waals surface area contributed by atoms with Crippen LogP contribution in [0.15, 0.2) is 48.5 Å². The normalized spacial score (nSPS) is 21.5. The molecule has 1 aliphatic heterocycles. The van der Waals surface area contributed by atoms with Gasteiger partial charge in [-0.05, 0) is 22.3 Å². The summed E-state index contributed by atoms with van der Waals surface area (Å²) < 4.78 is 43.8. The number of carbonyl (C=O) groups is 5. The van der Waals surface area contributed by atoms with E-state index in [1.165, 1.54) is 6.92 Å². The molecule has 0 aromatic heterocycles. The van der Waals surface area contributed by atoms with Gasteiger partial charge in [-0.25, -0.2) is 4.79 Å². The summed E-state index contributed by atoms with van der Waals surface area (Å²) in [5.41, 5.74) is 4.50. The maximum atomic E-state index is 12.4. The van der Waals surface area contributed by atoms with Crippen LogP contribution in [-0.4, -0.2) is 100 Å². The first kappa shape index (κ1) is 35.3. The summed E-state index contributed by atoms with van der Waals surface area (Å²) in [5.74, 6) is -2.90. The van der Waals surface area contributed by atoms with Crippen LogP contribution in [0.5, 0.6) is 0 Å². The van der Waals surface area contributed by atoms with Crippen molar-refractivity contribution in [3.05, 3.63) is 59.7 Å². The van der Waals surface area contributed by atoms with E-state index in [-0.39, 0.29) is 45.5 Å². The Balaban J connectivity index is 1.25. The van der Waals surface area contributed by atoms with Gasteiger partial charge in [-0.2, -0.15) is 0 Å². The lowest BCUT2D eigenvalue weighted by Crippen LogP contribution is -2.63. The topological polar surface area (TPSA) is 171 Å². The molecule has 47 heavy (non-hydrogen) atoms. The summed E-state index contributed by atoms with van der Waals surface area (Å²) in [6, 6.07) is 16.1. The number of carbonyl (C=O) groups excluding carboxylic acids is 5. The lowest BCUT2D eigenvalue weighted by atomic mass is 9.98. The summed E-state index contributed by atoms with van der Waals surface area (Å²) >= 11 is 0. The number of hydrogen-bond acceptors (Lipinski definition) is 13. The highest BCUT2D eigenvalue weighted by molar-refractivity contribution is 5.79. The van der Waals surface area contributed by atoms with Gasteiger partial charge in [-0.3, -0.25) is 19.2 Å². The van der Waals surface area contributed by atoms with Crippen molar-refractivity contribution >= 4 is 30.0 Å². The summed E-state index contributed by atoms with van der Waals surface area (Å²) in [7, 11) is 0. The van der Waals surface area contributed by atoms with E-state index in [0.717, 1.165) is 43.0 Å². The molecule has 4 rings (SSSR count). The molecule has 1 saturated heterocycles. The van der Waals surface area contributed by atoms with Gasteiger partial charge in [-0.1, -0.05) is 48.5 Å². The molecule has 2 aliphatic rings. The number of nitrogens with one attached hydrogen (secondary N) is 1. The van der Waals surface area contributed by atoms with E-state index in [2.05, 4.69) is 17.4 Å². The maximum Gasteiger partial charge on any atom is 0.407 e. The Labute approximate surface area is 271 Å². The average molecular weight is 658 g/mol. The quantitative estimate of drug-likeness (QED) is 0.179. The first-order chi connectivity index (χ1) is 22.5. The minimum absolute atomic E-state index is 0.0409. The number of rotatable bonds is 14. The first-order valence-electron chi connectivity index (χ1n) is 15.1. The van der Waals surface area contributed by atoms with Crippen LogP contribution in [0.1, 0.15) is 44.7 Å². The van der Waals surface area contributed by atoms with Gasteiger partial charge < -0.3 is 43.2 Å². The van der Waals surface area contributed by atoms with Crippen molar-refractivity contribution in [2.24, 2.45) is 0 Å². The molecule has 0 bridgehead atoms. The molecule has 1 aliphatic carbocycles. The second-order valence-electron chi connectivity index (χ2n) is 10.8. The van der Waals surface area contributed by atoms with E-state index in [0.29, 0.717) is 0 Å². The van der Waals surface area contributed by atoms with Crippen LogP contribution in [0.2, 0.25) is 0 Å². The van der Waals surface area contributed by atoms with Crippen molar-refractivity contribution in [2.75, 3.05) is 39.6 Å². The summed E-state index contributed by atoms with van der Waals surface area (Å²) in [5, 5.41) is 2.66. The monoisotopic (exact) mass is 657 g/mol. The highest BCUT2D eigenvalue weighted by Gasteiger charge is 2.52. The molecule has 5 atom stereocenters. The van der Waals surface area contributed by atoms with Crippen LogP contribution < -0.4 is 5.32 Å². The van der Waals surface area contributed by atoms with E-state index < -0.39 is 60.7 Å². The van der Waals surface area contributed by atoms with Crippen LogP contribution in [0, 0.1) is 0 Å². The van der Waals surface area contributed by atoms with Gasteiger partial charge in [0.1, 0.15) is 19.3 Å². The molecular formula is C33H39NO13. The van der Waals surface area contributed by atoms with Crippen LogP contribution in [0.4, 0.5) is 4.79 Å². The number of alkyl carbamates (subject to hydrolysis) is 1. The number of amides is 1. The third kappa shape index (κ3) is 9.73. The molecule has 1 amide bonds. The third-order valence-corrected chi connectivity index (χ3v) is 7.32. The number of fused-ring (bicyclic) bond motifs is 3.